The van der Waals surface area contributed by atoms with Crippen molar-refractivity contribution in [2.75, 3.05) is 6.61 Å². The predicted octanol–water partition coefficient (Wildman–Crippen LogP) is 4.00. The smallest absolute Gasteiger partial charge is 0.311 e. The van der Waals surface area contributed by atoms with Gasteiger partial charge in [-0.3, -0.25) is 10.1 Å². The van der Waals surface area contributed by atoms with Crippen molar-refractivity contribution in [2.45, 2.75) is 39.8 Å². The molecular weight excluding hydrogens is 292 g/mol. The van der Waals surface area contributed by atoms with E-state index < -0.39 is 4.92 Å². The molecule has 0 unspecified atom stereocenters. The molecule has 0 aliphatic heterocycles. The van der Waals surface area contributed by atoms with Gasteiger partial charge in [0.05, 0.1) is 4.92 Å². The quantitative estimate of drug-likeness (QED) is 0.637. The van der Waals surface area contributed by atoms with Gasteiger partial charge in [-0.2, -0.15) is 0 Å². The molecule has 1 aromatic rings. The molecule has 0 aromatic heterocycles. The first-order valence-electron chi connectivity index (χ1n) is 6.64. The highest BCUT2D eigenvalue weighted by Crippen LogP contribution is 2.28. The Bertz CT molecular complexity index is 536. The van der Waals surface area contributed by atoms with Gasteiger partial charge in [0.25, 0.3) is 0 Å². The van der Waals surface area contributed by atoms with Crippen LogP contribution < -0.4 is 10.1 Å². The van der Waals surface area contributed by atoms with Crippen LogP contribution in [0.4, 0.5) is 5.69 Å². The molecule has 6 heteroatoms. The van der Waals surface area contributed by atoms with E-state index in [4.69, 9.17) is 16.3 Å². The zero-order valence-electron chi connectivity index (χ0n) is 12.8. The van der Waals surface area contributed by atoms with Crippen LogP contribution in [-0.4, -0.2) is 17.1 Å². The van der Waals surface area contributed by atoms with Crippen LogP contribution in [0.1, 0.15) is 33.3 Å². The van der Waals surface area contributed by atoms with Gasteiger partial charge < -0.3 is 10.1 Å². The summed E-state index contributed by atoms with van der Waals surface area (Å²) in [6.45, 7) is 8.70. The second kappa shape index (κ2) is 7.43. The molecule has 0 bridgehead atoms. The van der Waals surface area contributed by atoms with Gasteiger partial charge in [0.15, 0.2) is 5.75 Å². The van der Waals surface area contributed by atoms with Crippen molar-refractivity contribution in [2.24, 2.45) is 0 Å². The molecule has 0 spiro atoms. The summed E-state index contributed by atoms with van der Waals surface area (Å²) in [5.41, 5.74) is 2.95. The number of rotatable bonds is 6. The van der Waals surface area contributed by atoms with Crippen LogP contribution in [0, 0.1) is 10.1 Å². The Labute approximate surface area is 130 Å². The van der Waals surface area contributed by atoms with Crippen molar-refractivity contribution in [3.8, 4) is 5.75 Å². The third kappa shape index (κ3) is 6.14. The third-order valence-electron chi connectivity index (χ3n) is 2.68. The number of hydrogen-bond donors (Lipinski definition) is 1. The first-order valence-corrected chi connectivity index (χ1v) is 7.07. The lowest BCUT2D eigenvalue weighted by molar-refractivity contribution is -0.385. The molecule has 0 aliphatic carbocycles. The molecule has 0 aliphatic rings. The molecule has 116 valence electrons. The average Bonchev–Trinajstić information content (AvgIpc) is 2.41. The fraction of sp³-hybridized carbons (Fsp3) is 0.467. The first-order chi connectivity index (χ1) is 9.73. The standard InChI is InChI=1S/C15H21ClN2O3/c1-11(8-16)10-21-14-6-5-12(7-13(14)18(19)20)9-17-15(2,3)4/h5-8,17H,9-10H2,1-4H3/b11-8-. The number of ether oxygens (including phenoxy) is 1. The molecule has 0 atom stereocenters. The van der Waals surface area contributed by atoms with Crippen molar-refractivity contribution in [3.63, 3.8) is 0 Å². The van der Waals surface area contributed by atoms with Crippen molar-refractivity contribution in [1.82, 2.24) is 5.32 Å². The molecular formula is C15H21ClN2O3. The number of nitrogens with one attached hydrogen (secondary N) is 1. The number of nitro benzene ring substituents is 1. The van der Waals surface area contributed by atoms with E-state index in [2.05, 4.69) is 5.32 Å². The summed E-state index contributed by atoms with van der Waals surface area (Å²) < 4.78 is 5.44. The fourth-order valence-electron chi connectivity index (χ4n) is 1.53. The molecule has 1 aromatic carbocycles. The fourth-order valence-corrected chi connectivity index (χ4v) is 1.59. The summed E-state index contributed by atoms with van der Waals surface area (Å²) in [4.78, 5) is 10.7. The summed E-state index contributed by atoms with van der Waals surface area (Å²) in [5, 5.41) is 14.4. The van der Waals surface area contributed by atoms with Crippen LogP contribution in [0.5, 0.6) is 5.75 Å². The molecule has 0 fully saturated rings. The number of halogens is 1. The molecule has 21 heavy (non-hydrogen) atoms. The Morgan fingerprint density at radius 2 is 2.14 bits per heavy atom. The van der Waals surface area contributed by atoms with E-state index in [1.807, 2.05) is 26.8 Å². The maximum absolute atomic E-state index is 11.2. The maximum Gasteiger partial charge on any atom is 0.311 e. The second-order valence-electron chi connectivity index (χ2n) is 5.91. The number of nitrogens with zero attached hydrogens (tertiary/aromatic N) is 1. The van der Waals surface area contributed by atoms with Crippen LogP contribution in [0.15, 0.2) is 29.3 Å². The summed E-state index contributed by atoms with van der Waals surface area (Å²) in [7, 11) is 0. The molecule has 1 rings (SSSR count). The summed E-state index contributed by atoms with van der Waals surface area (Å²) in [6.07, 6.45) is 0. The Morgan fingerprint density at radius 1 is 1.48 bits per heavy atom. The van der Waals surface area contributed by atoms with E-state index in [1.54, 1.807) is 13.0 Å². The molecule has 0 amide bonds. The van der Waals surface area contributed by atoms with Gasteiger partial charge >= 0.3 is 5.69 Å². The van der Waals surface area contributed by atoms with E-state index in [9.17, 15) is 10.1 Å². The topological polar surface area (TPSA) is 64.4 Å². The van der Waals surface area contributed by atoms with E-state index in [0.717, 1.165) is 11.1 Å². The van der Waals surface area contributed by atoms with E-state index >= 15 is 0 Å². The summed E-state index contributed by atoms with van der Waals surface area (Å²) >= 11 is 5.55. The van der Waals surface area contributed by atoms with Gasteiger partial charge in [-0.15, -0.1) is 0 Å². The molecule has 0 heterocycles. The molecule has 0 saturated heterocycles. The average molecular weight is 313 g/mol. The normalized spacial score (nSPS) is 12.3. The van der Waals surface area contributed by atoms with Crippen LogP contribution in [-0.2, 0) is 6.54 Å². The minimum Gasteiger partial charge on any atom is -0.482 e. The Balaban J connectivity index is 2.89. The lowest BCUT2D eigenvalue weighted by Crippen LogP contribution is -2.35. The number of hydrogen-bond acceptors (Lipinski definition) is 4. The Morgan fingerprint density at radius 3 is 2.67 bits per heavy atom. The number of benzene rings is 1. The van der Waals surface area contributed by atoms with Gasteiger partial charge in [-0.05, 0) is 44.9 Å². The minimum atomic E-state index is -0.435. The van der Waals surface area contributed by atoms with Gasteiger partial charge in [0.2, 0.25) is 0 Å². The van der Waals surface area contributed by atoms with Gasteiger partial charge in [0.1, 0.15) is 6.61 Å². The molecule has 5 nitrogen and oxygen atoms in total. The monoisotopic (exact) mass is 312 g/mol. The Kier molecular flexibility index (Phi) is 6.18. The van der Waals surface area contributed by atoms with Crippen LogP contribution in [0.3, 0.4) is 0 Å². The molecule has 0 saturated carbocycles. The molecule has 0 radical (unpaired) electrons. The Hall–Kier alpha value is -1.59. The third-order valence-corrected chi connectivity index (χ3v) is 3.06. The highest BCUT2D eigenvalue weighted by Gasteiger charge is 2.17. The molecule has 1 N–H and O–H groups in total. The van der Waals surface area contributed by atoms with Crippen molar-refractivity contribution in [1.29, 1.82) is 0 Å². The van der Waals surface area contributed by atoms with Gasteiger partial charge in [-0.25, -0.2) is 0 Å². The lowest BCUT2D eigenvalue weighted by Gasteiger charge is -2.20. The zero-order chi connectivity index (χ0) is 16.0. The first kappa shape index (κ1) is 17.5. The van der Waals surface area contributed by atoms with Crippen molar-refractivity contribution >= 4 is 17.3 Å². The van der Waals surface area contributed by atoms with Crippen LogP contribution in [0.2, 0.25) is 0 Å². The second-order valence-corrected chi connectivity index (χ2v) is 6.13. The van der Waals surface area contributed by atoms with E-state index in [0.29, 0.717) is 6.54 Å². The van der Waals surface area contributed by atoms with Crippen molar-refractivity contribution < 1.29 is 9.66 Å². The van der Waals surface area contributed by atoms with Crippen LogP contribution in [0.25, 0.3) is 0 Å². The van der Waals surface area contributed by atoms with Crippen LogP contribution >= 0.6 is 11.6 Å². The van der Waals surface area contributed by atoms with Gasteiger partial charge in [-0.1, -0.05) is 17.7 Å². The summed E-state index contributed by atoms with van der Waals surface area (Å²) in [6, 6.07) is 4.98. The highest BCUT2D eigenvalue weighted by atomic mass is 35.5. The minimum absolute atomic E-state index is 0.0365. The summed E-state index contributed by atoms with van der Waals surface area (Å²) in [5.74, 6) is 0.248. The highest BCUT2D eigenvalue weighted by molar-refractivity contribution is 6.25. The van der Waals surface area contributed by atoms with Gasteiger partial charge in [0, 0.05) is 23.7 Å². The lowest BCUT2D eigenvalue weighted by atomic mass is 10.1. The SMILES string of the molecule is C/C(=C/Cl)COc1ccc(CNC(C)(C)C)cc1[N+](=O)[O-]. The number of nitro groups is 1. The van der Waals surface area contributed by atoms with Crippen molar-refractivity contribution in [3.05, 3.63) is 45.0 Å². The van der Waals surface area contributed by atoms with E-state index in [-0.39, 0.29) is 23.6 Å². The largest absolute Gasteiger partial charge is 0.482 e. The maximum atomic E-state index is 11.2. The predicted molar refractivity (Wildman–Crippen MR) is 84.8 cm³/mol. The zero-order valence-corrected chi connectivity index (χ0v) is 13.5. The van der Waals surface area contributed by atoms with E-state index in [1.165, 1.54) is 11.6 Å².